The maximum atomic E-state index is 13.1. The van der Waals surface area contributed by atoms with Crippen LogP contribution >= 0.6 is 27.7 Å². The standard InChI is InChI=1S/C13H10BrF2NS/c14-9-2-1-8(7-17)13(5-9)18-10-3-4-11(15)12(16)6-10/h1-6H,7,17H2. The van der Waals surface area contributed by atoms with Gasteiger partial charge in [-0.15, -0.1) is 0 Å². The Kier molecular flexibility index (Phi) is 4.37. The highest BCUT2D eigenvalue weighted by Gasteiger charge is 2.07. The van der Waals surface area contributed by atoms with Crippen LogP contribution in [0.3, 0.4) is 0 Å². The molecule has 0 aromatic heterocycles. The Morgan fingerprint density at radius 1 is 1.06 bits per heavy atom. The summed E-state index contributed by atoms with van der Waals surface area (Å²) in [5.41, 5.74) is 6.61. The summed E-state index contributed by atoms with van der Waals surface area (Å²) in [6.45, 7) is 0.402. The van der Waals surface area contributed by atoms with Gasteiger partial charge in [-0.05, 0) is 35.9 Å². The van der Waals surface area contributed by atoms with Crippen LogP contribution in [0.25, 0.3) is 0 Å². The number of hydrogen-bond donors (Lipinski definition) is 1. The molecule has 0 spiro atoms. The molecule has 0 saturated heterocycles. The quantitative estimate of drug-likeness (QED) is 0.906. The average Bonchev–Trinajstić information content (AvgIpc) is 2.34. The zero-order valence-corrected chi connectivity index (χ0v) is 11.7. The third kappa shape index (κ3) is 3.10. The van der Waals surface area contributed by atoms with E-state index in [-0.39, 0.29) is 0 Å². The van der Waals surface area contributed by atoms with E-state index in [1.54, 1.807) is 6.07 Å². The van der Waals surface area contributed by atoms with Crippen LogP contribution in [0.5, 0.6) is 0 Å². The lowest BCUT2D eigenvalue weighted by atomic mass is 10.2. The summed E-state index contributed by atoms with van der Waals surface area (Å²) in [5, 5.41) is 0. The van der Waals surface area contributed by atoms with Crippen molar-refractivity contribution < 1.29 is 8.78 Å². The second-order valence-corrected chi connectivity index (χ2v) is 5.67. The molecule has 0 amide bonds. The first-order chi connectivity index (χ1) is 8.60. The molecule has 0 heterocycles. The van der Waals surface area contributed by atoms with Crippen LogP contribution in [0.15, 0.2) is 50.7 Å². The van der Waals surface area contributed by atoms with Crippen LogP contribution in [-0.4, -0.2) is 0 Å². The van der Waals surface area contributed by atoms with Gasteiger partial charge in [0, 0.05) is 20.8 Å². The van der Waals surface area contributed by atoms with E-state index in [2.05, 4.69) is 15.9 Å². The lowest BCUT2D eigenvalue weighted by Crippen LogP contribution is -1.98. The first-order valence-electron chi connectivity index (χ1n) is 5.21. The van der Waals surface area contributed by atoms with Crippen molar-refractivity contribution in [2.45, 2.75) is 16.3 Å². The van der Waals surface area contributed by atoms with Gasteiger partial charge in [-0.25, -0.2) is 8.78 Å². The van der Waals surface area contributed by atoms with Gasteiger partial charge in [0.15, 0.2) is 11.6 Å². The van der Waals surface area contributed by atoms with Crippen LogP contribution in [-0.2, 0) is 6.54 Å². The molecule has 1 nitrogen and oxygen atoms in total. The molecule has 2 N–H and O–H groups in total. The highest BCUT2D eigenvalue weighted by molar-refractivity contribution is 9.10. The molecule has 2 aromatic rings. The van der Waals surface area contributed by atoms with Gasteiger partial charge < -0.3 is 5.73 Å². The van der Waals surface area contributed by atoms with Crippen molar-refractivity contribution >= 4 is 27.7 Å². The molecule has 0 unspecified atom stereocenters. The summed E-state index contributed by atoms with van der Waals surface area (Å²) in [5.74, 6) is -1.68. The minimum Gasteiger partial charge on any atom is -0.326 e. The van der Waals surface area contributed by atoms with E-state index in [1.165, 1.54) is 17.8 Å². The molecule has 0 atom stereocenters. The van der Waals surface area contributed by atoms with Crippen LogP contribution in [0, 0.1) is 11.6 Å². The molecule has 2 aromatic carbocycles. The third-order valence-electron chi connectivity index (χ3n) is 2.37. The Balaban J connectivity index is 2.33. The first kappa shape index (κ1) is 13.5. The van der Waals surface area contributed by atoms with E-state index in [4.69, 9.17) is 5.73 Å². The fraction of sp³-hybridized carbons (Fsp3) is 0.0769. The Labute approximate surface area is 117 Å². The summed E-state index contributed by atoms with van der Waals surface area (Å²) in [6, 6.07) is 9.57. The Morgan fingerprint density at radius 2 is 1.83 bits per heavy atom. The molecular formula is C13H10BrF2NS. The maximum absolute atomic E-state index is 13.1. The van der Waals surface area contributed by atoms with Gasteiger partial charge in [-0.2, -0.15) is 0 Å². The minimum absolute atomic E-state index is 0.402. The summed E-state index contributed by atoms with van der Waals surface area (Å²) in [7, 11) is 0. The molecule has 5 heteroatoms. The maximum Gasteiger partial charge on any atom is 0.159 e. The largest absolute Gasteiger partial charge is 0.326 e. The molecule has 0 aliphatic rings. The number of hydrogen-bond acceptors (Lipinski definition) is 2. The highest BCUT2D eigenvalue weighted by Crippen LogP contribution is 2.33. The fourth-order valence-corrected chi connectivity index (χ4v) is 2.99. The predicted octanol–water partition coefficient (Wildman–Crippen LogP) is 4.34. The van der Waals surface area contributed by atoms with Crippen molar-refractivity contribution in [3.63, 3.8) is 0 Å². The second-order valence-electron chi connectivity index (χ2n) is 3.63. The van der Waals surface area contributed by atoms with Crippen LogP contribution in [0.4, 0.5) is 8.78 Å². The summed E-state index contributed by atoms with van der Waals surface area (Å²) >= 11 is 4.74. The lowest BCUT2D eigenvalue weighted by molar-refractivity contribution is 0.506. The van der Waals surface area contributed by atoms with Crippen molar-refractivity contribution in [3.05, 3.63) is 58.1 Å². The van der Waals surface area contributed by atoms with E-state index < -0.39 is 11.6 Å². The normalized spacial score (nSPS) is 10.7. The topological polar surface area (TPSA) is 26.0 Å². The molecule has 0 bridgehead atoms. The van der Waals surface area contributed by atoms with Crippen molar-refractivity contribution in [1.82, 2.24) is 0 Å². The Bertz CT molecular complexity index is 575. The SMILES string of the molecule is NCc1ccc(Br)cc1Sc1ccc(F)c(F)c1. The highest BCUT2D eigenvalue weighted by atomic mass is 79.9. The van der Waals surface area contributed by atoms with E-state index >= 15 is 0 Å². The number of rotatable bonds is 3. The van der Waals surface area contributed by atoms with Gasteiger partial charge in [0.25, 0.3) is 0 Å². The Hall–Kier alpha value is -0.910. The number of halogens is 3. The average molecular weight is 330 g/mol. The van der Waals surface area contributed by atoms with E-state index in [0.717, 1.165) is 21.0 Å². The smallest absolute Gasteiger partial charge is 0.159 e. The predicted molar refractivity (Wildman–Crippen MR) is 72.5 cm³/mol. The zero-order valence-electron chi connectivity index (χ0n) is 9.29. The molecule has 0 saturated carbocycles. The van der Waals surface area contributed by atoms with Gasteiger partial charge >= 0.3 is 0 Å². The van der Waals surface area contributed by atoms with Crippen molar-refractivity contribution in [2.24, 2.45) is 5.73 Å². The summed E-state index contributed by atoms with van der Waals surface area (Å²) in [4.78, 5) is 1.57. The van der Waals surface area contributed by atoms with Crippen molar-refractivity contribution in [3.8, 4) is 0 Å². The van der Waals surface area contributed by atoms with E-state index in [0.29, 0.717) is 11.4 Å². The third-order valence-corrected chi connectivity index (χ3v) is 3.95. The molecule has 18 heavy (non-hydrogen) atoms. The number of benzene rings is 2. The molecule has 0 fully saturated rings. The first-order valence-corrected chi connectivity index (χ1v) is 6.82. The van der Waals surface area contributed by atoms with Gasteiger partial charge in [0.2, 0.25) is 0 Å². The van der Waals surface area contributed by atoms with Crippen molar-refractivity contribution in [2.75, 3.05) is 0 Å². The van der Waals surface area contributed by atoms with Gasteiger partial charge in [-0.3, -0.25) is 0 Å². The fourth-order valence-electron chi connectivity index (χ4n) is 1.46. The van der Waals surface area contributed by atoms with Gasteiger partial charge in [-0.1, -0.05) is 33.8 Å². The molecular weight excluding hydrogens is 320 g/mol. The second kappa shape index (κ2) is 5.82. The van der Waals surface area contributed by atoms with Crippen LogP contribution < -0.4 is 5.73 Å². The zero-order chi connectivity index (χ0) is 13.1. The minimum atomic E-state index is -0.843. The summed E-state index contributed by atoms with van der Waals surface area (Å²) in [6.07, 6.45) is 0. The van der Waals surface area contributed by atoms with Crippen LogP contribution in [0.2, 0.25) is 0 Å². The monoisotopic (exact) mass is 329 g/mol. The molecule has 0 aliphatic carbocycles. The van der Waals surface area contributed by atoms with E-state index in [9.17, 15) is 8.78 Å². The lowest BCUT2D eigenvalue weighted by Gasteiger charge is -2.08. The van der Waals surface area contributed by atoms with Gasteiger partial charge in [0.1, 0.15) is 0 Å². The molecule has 2 rings (SSSR count). The summed E-state index contributed by atoms with van der Waals surface area (Å²) < 4.78 is 26.9. The van der Waals surface area contributed by atoms with Crippen LogP contribution in [0.1, 0.15) is 5.56 Å². The number of nitrogens with two attached hydrogens (primary N) is 1. The van der Waals surface area contributed by atoms with E-state index in [1.807, 2.05) is 18.2 Å². The van der Waals surface area contributed by atoms with Gasteiger partial charge in [0.05, 0.1) is 0 Å². The van der Waals surface area contributed by atoms with Crippen molar-refractivity contribution in [1.29, 1.82) is 0 Å². The molecule has 0 aliphatic heterocycles. The Morgan fingerprint density at radius 3 is 2.50 bits per heavy atom. The molecule has 0 radical (unpaired) electrons. The molecule has 94 valence electrons.